The van der Waals surface area contributed by atoms with Gasteiger partial charge in [-0.15, -0.1) is 0 Å². The summed E-state index contributed by atoms with van der Waals surface area (Å²) in [6.45, 7) is 0. The lowest BCUT2D eigenvalue weighted by Gasteiger charge is -2.27. The fraction of sp³-hybridized carbons (Fsp3) is 0.150. The zero-order chi connectivity index (χ0) is 22.3. The number of nitrogens with zero attached hydrogens (tertiary/aromatic N) is 5. The van der Waals surface area contributed by atoms with Crippen LogP contribution in [-0.2, 0) is 10.3 Å². The molecule has 0 bridgehead atoms. The van der Waals surface area contributed by atoms with Crippen LogP contribution in [-0.4, -0.2) is 39.0 Å². The molecule has 1 amide bonds. The lowest BCUT2D eigenvalue weighted by atomic mass is 9.81. The highest BCUT2D eigenvalue weighted by Crippen LogP contribution is 2.42. The summed E-state index contributed by atoms with van der Waals surface area (Å²) in [5, 5.41) is 7.48. The zero-order valence-corrected chi connectivity index (χ0v) is 15.9. The number of benzene rings is 1. The molecule has 3 heterocycles. The van der Waals surface area contributed by atoms with E-state index in [0.29, 0.717) is 6.07 Å². The average molecular weight is 430 g/mol. The Morgan fingerprint density at radius 3 is 2.48 bits per heavy atom. The van der Waals surface area contributed by atoms with Gasteiger partial charge >= 0.3 is 0 Å². The van der Waals surface area contributed by atoms with Gasteiger partial charge in [0, 0.05) is 36.6 Å². The molecular weight excluding hydrogens is 416 g/mol. The number of carbonyl (C=O) groups is 1. The van der Waals surface area contributed by atoms with Crippen LogP contribution in [0, 0.1) is 11.6 Å². The van der Waals surface area contributed by atoms with Gasteiger partial charge in [-0.1, -0.05) is 0 Å². The first-order chi connectivity index (χ1) is 14.8. The van der Waals surface area contributed by atoms with Crippen LogP contribution in [0.25, 0.3) is 11.3 Å². The number of alkyl halides is 2. The van der Waals surface area contributed by atoms with Crippen molar-refractivity contribution in [2.45, 2.75) is 12.0 Å². The number of carbonyl (C=O) groups excluding carboxylic acids is 1. The molecule has 3 aromatic rings. The molecular formula is C20H14F4N6O. The lowest BCUT2D eigenvalue weighted by Crippen LogP contribution is -2.41. The number of hydrogen-bond donors (Lipinski definition) is 1. The standard InChI is InChI=1S/C20H14F4N6O/c1-30-18(31)20(28-19(30)25,10-4-6-26-16(7-10)17(23)24)12-8-11(13(21)9-14(12)22)15-3-2-5-27-29-15/h2-9,17H,1H3,(H2,25,28). The minimum atomic E-state index is -2.94. The van der Waals surface area contributed by atoms with E-state index >= 15 is 4.39 Å². The summed E-state index contributed by atoms with van der Waals surface area (Å²) in [5.74, 6) is -3.12. The molecule has 31 heavy (non-hydrogen) atoms. The van der Waals surface area contributed by atoms with E-state index in [1.54, 1.807) is 0 Å². The van der Waals surface area contributed by atoms with Gasteiger partial charge in [-0.05, 0) is 35.9 Å². The van der Waals surface area contributed by atoms with Crippen LogP contribution in [0.2, 0.25) is 0 Å². The number of amides is 1. The van der Waals surface area contributed by atoms with E-state index in [1.807, 2.05) is 0 Å². The van der Waals surface area contributed by atoms with Crippen molar-refractivity contribution in [3.05, 3.63) is 77.2 Å². The van der Waals surface area contributed by atoms with Crippen molar-refractivity contribution in [1.82, 2.24) is 20.1 Å². The monoisotopic (exact) mass is 430 g/mol. The molecule has 2 N–H and O–H groups in total. The van der Waals surface area contributed by atoms with E-state index in [2.05, 4.69) is 20.2 Å². The summed E-state index contributed by atoms with van der Waals surface area (Å²) in [5.41, 5.74) is 2.49. The van der Waals surface area contributed by atoms with Crippen LogP contribution >= 0.6 is 0 Å². The Bertz CT molecular complexity index is 1200. The summed E-state index contributed by atoms with van der Waals surface area (Å²) in [6.07, 6.45) is -0.516. The fourth-order valence-electron chi connectivity index (χ4n) is 3.42. The molecule has 1 aliphatic rings. The maximum atomic E-state index is 15.1. The molecule has 0 spiro atoms. The van der Waals surface area contributed by atoms with Crippen LogP contribution in [0.3, 0.4) is 0 Å². The van der Waals surface area contributed by atoms with E-state index in [1.165, 1.54) is 31.4 Å². The Morgan fingerprint density at radius 2 is 1.87 bits per heavy atom. The van der Waals surface area contributed by atoms with Crippen molar-refractivity contribution in [2.24, 2.45) is 10.7 Å². The first kappa shape index (κ1) is 20.4. The molecule has 7 nitrogen and oxygen atoms in total. The van der Waals surface area contributed by atoms with Gasteiger partial charge in [0.05, 0.1) is 5.69 Å². The van der Waals surface area contributed by atoms with Crippen LogP contribution in [0.4, 0.5) is 17.6 Å². The van der Waals surface area contributed by atoms with Gasteiger partial charge in [-0.2, -0.15) is 10.2 Å². The molecule has 1 aliphatic heterocycles. The predicted molar refractivity (Wildman–Crippen MR) is 102 cm³/mol. The number of pyridine rings is 1. The van der Waals surface area contributed by atoms with E-state index < -0.39 is 35.2 Å². The molecule has 4 rings (SSSR count). The SMILES string of the molecule is CN1C(=O)C(c2ccnc(C(F)F)c2)(c2cc(-c3cccnn3)c(F)cc2F)N=C1N. The summed E-state index contributed by atoms with van der Waals surface area (Å²) >= 11 is 0. The number of rotatable bonds is 4. The minimum absolute atomic E-state index is 0.0788. The molecule has 11 heteroatoms. The van der Waals surface area contributed by atoms with Gasteiger partial charge in [0.25, 0.3) is 12.3 Å². The van der Waals surface area contributed by atoms with Crippen molar-refractivity contribution in [3.63, 3.8) is 0 Å². The summed E-state index contributed by atoms with van der Waals surface area (Å²) in [6, 6.07) is 6.79. The first-order valence-corrected chi connectivity index (χ1v) is 8.91. The quantitative estimate of drug-likeness (QED) is 0.642. The third kappa shape index (κ3) is 3.18. The molecule has 0 saturated carbocycles. The molecule has 0 saturated heterocycles. The average Bonchev–Trinajstić information content (AvgIpc) is 2.99. The van der Waals surface area contributed by atoms with Crippen LogP contribution < -0.4 is 5.73 Å². The number of hydrogen-bond acceptors (Lipinski definition) is 6. The minimum Gasteiger partial charge on any atom is -0.369 e. The predicted octanol–water partition coefficient (Wildman–Crippen LogP) is 2.78. The molecule has 158 valence electrons. The number of halogens is 4. The Morgan fingerprint density at radius 1 is 1.10 bits per heavy atom. The van der Waals surface area contributed by atoms with Gasteiger partial charge in [0.2, 0.25) is 0 Å². The maximum Gasteiger partial charge on any atom is 0.280 e. The lowest BCUT2D eigenvalue weighted by molar-refractivity contribution is -0.129. The summed E-state index contributed by atoms with van der Waals surface area (Å²) < 4.78 is 56.2. The van der Waals surface area contributed by atoms with Crippen molar-refractivity contribution >= 4 is 11.9 Å². The molecule has 1 aromatic carbocycles. The zero-order valence-electron chi connectivity index (χ0n) is 15.9. The van der Waals surface area contributed by atoms with Crippen molar-refractivity contribution in [1.29, 1.82) is 0 Å². The van der Waals surface area contributed by atoms with Crippen LogP contribution in [0.1, 0.15) is 23.2 Å². The molecule has 2 aromatic heterocycles. The maximum absolute atomic E-state index is 15.1. The number of aromatic nitrogens is 3. The van der Waals surface area contributed by atoms with Gasteiger partial charge in [-0.25, -0.2) is 22.6 Å². The highest BCUT2D eigenvalue weighted by Gasteiger charge is 2.51. The highest BCUT2D eigenvalue weighted by atomic mass is 19.3. The van der Waals surface area contributed by atoms with E-state index in [4.69, 9.17) is 5.73 Å². The van der Waals surface area contributed by atoms with Crippen molar-refractivity contribution in [3.8, 4) is 11.3 Å². The molecule has 0 radical (unpaired) electrons. The van der Waals surface area contributed by atoms with Crippen LogP contribution in [0.5, 0.6) is 0 Å². The Balaban J connectivity index is 2.03. The van der Waals surface area contributed by atoms with Crippen LogP contribution in [0.15, 0.2) is 53.8 Å². The normalized spacial score (nSPS) is 18.6. The summed E-state index contributed by atoms with van der Waals surface area (Å²) in [4.78, 5) is 21.9. The van der Waals surface area contributed by atoms with E-state index in [9.17, 15) is 18.0 Å². The Labute approximate surface area is 173 Å². The Kier molecular flexibility index (Phi) is 4.88. The molecule has 1 atom stereocenters. The molecule has 1 unspecified atom stereocenters. The van der Waals surface area contributed by atoms with Gasteiger partial charge in [0.1, 0.15) is 17.3 Å². The third-order valence-corrected chi connectivity index (χ3v) is 4.96. The van der Waals surface area contributed by atoms with Crippen molar-refractivity contribution in [2.75, 3.05) is 7.05 Å². The smallest absolute Gasteiger partial charge is 0.280 e. The van der Waals surface area contributed by atoms with Gasteiger partial charge in [-0.3, -0.25) is 14.7 Å². The number of aliphatic imine (C=N–C) groups is 1. The Hall–Kier alpha value is -3.89. The second-order valence-corrected chi connectivity index (χ2v) is 6.74. The largest absolute Gasteiger partial charge is 0.369 e. The molecule has 0 fully saturated rings. The number of likely N-dealkylation sites (N-methyl/N-ethyl adjacent to an activating group) is 1. The highest BCUT2D eigenvalue weighted by molar-refractivity contribution is 6.09. The van der Waals surface area contributed by atoms with Gasteiger partial charge < -0.3 is 5.73 Å². The van der Waals surface area contributed by atoms with Crippen molar-refractivity contribution < 1.29 is 22.4 Å². The van der Waals surface area contributed by atoms with E-state index in [-0.39, 0.29) is 28.3 Å². The third-order valence-electron chi connectivity index (χ3n) is 4.96. The fourth-order valence-corrected chi connectivity index (χ4v) is 3.42. The van der Waals surface area contributed by atoms with Gasteiger partial charge in [0.15, 0.2) is 11.5 Å². The second-order valence-electron chi connectivity index (χ2n) is 6.74. The second kappa shape index (κ2) is 7.42. The topological polar surface area (TPSA) is 97.4 Å². The van der Waals surface area contributed by atoms with E-state index in [0.717, 1.165) is 23.2 Å². The number of nitrogens with two attached hydrogens (primary N) is 1. The number of guanidine groups is 1. The molecule has 0 aliphatic carbocycles. The first-order valence-electron chi connectivity index (χ1n) is 8.91. The summed E-state index contributed by atoms with van der Waals surface area (Å²) in [7, 11) is 1.31.